The summed E-state index contributed by atoms with van der Waals surface area (Å²) < 4.78 is 45.4. The molecule has 0 bridgehead atoms. The van der Waals surface area contributed by atoms with E-state index in [1.807, 2.05) is 23.1 Å². The Balaban J connectivity index is 1.27. The zero-order valence-electron chi connectivity index (χ0n) is 22.5. The van der Waals surface area contributed by atoms with Gasteiger partial charge in [-0.25, -0.2) is 8.42 Å². The summed E-state index contributed by atoms with van der Waals surface area (Å²) in [5, 5.41) is 0. The normalized spacial score (nSPS) is 19.4. The maximum absolute atomic E-state index is 13.6. The van der Waals surface area contributed by atoms with Gasteiger partial charge in [0.2, 0.25) is 15.9 Å². The van der Waals surface area contributed by atoms with Crippen LogP contribution < -0.4 is 4.74 Å². The second-order valence-electron chi connectivity index (χ2n) is 9.74. The molecule has 1 aromatic carbocycles. The number of carbonyl (C=O) groups excluding carboxylic acids is 1. The number of ether oxygens (including phenoxy) is 3. The SMILES string of the molecule is COc1cc(C)c(S(=O)(=O)N2CCOC[C@H]2COCC(=O)N2CCN(CCc3ccccn3)CC2)c(C)c1. The van der Waals surface area contributed by atoms with Crippen LogP contribution in [0.3, 0.4) is 0 Å². The fourth-order valence-corrected chi connectivity index (χ4v) is 7.05. The molecule has 2 saturated heterocycles. The third-order valence-electron chi connectivity index (χ3n) is 7.08. The molecular weight excluding hydrogens is 508 g/mol. The molecule has 1 amide bonds. The van der Waals surface area contributed by atoms with Crippen LogP contribution in [0.2, 0.25) is 0 Å². The molecule has 0 radical (unpaired) electrons. The van der Waals surface area contributed by atoms with E-state index in [2.05, 4.69) is 9.88 Å². The summed E-state index contributed by atoms with van der Waals surface area (Å²) in [4.78, 5) is 21.6. The summed E-state index contributed by atoms with van der Waals surface area (Å²) in [6, 6.07) is 8.88. The molecule has 11 heteroatoms. The van der Waals surface area contributed by atoms with Crippen molar-refractivity contribution in [2.24, 2.45) is 0 Å². The predicted molar refractivity (Wildman–Crippen MR) is 143 cm³/mol. The summed E-state index contributed by atoms with van der Waals surface area (Å²) in [6.07, 6.45) is 2.69. The van der Waals surface area contributed by atoms with E-state index in [1.54, 1.807) is 39.3 Å². The minimum Gasteiger partial charge on any atom is -0.497 e. The number of nitrogens with zero attached hydrogens (tertiary/aromatic N) is 4. The fraction of sp³-hybridized carbons (Fsp3) is 0.556. The van der Waals surface area contributed by atoms with Crippen molar-refractivity contribution in [2.45, 2.75) is 31.2 Å². The van der Waals surface area contributed by atoms with Gasteiger partial charge in [0.15, 0.2) is 0 Å². The molecule has 0 aliphatic carbocycles. The molecule has 0 unspecified atom stereocenters. The number of carbonyl (C=O) groups is 1. The number of aryl methyl sites for hydroxylation is 2. The molecule has 2 aromatic rings. The van der Waals surface area contributed by atoms with Crippen molar-refractivity contribution >= 4 is 15.9 Å². The second kappa shape index (κ2) is 13.0. The number of sulfonamides is 1. The van der Waals surface area contributed by atoms with Gasteiger partial charge in [0, 0.05) is 57.6 Å². The lowest BCUT2D eigenvalue weighted by atomic mass is 10.1. The molecule has 3 heterocycles. The summed E-state index contributed by atoms with van der Waals surface area (Å²) >= 11 is 0. The lowest BCUT2D eigenvalue weighted by Gasteiger charge is -2.36. The van der Waals surface area contributed by atoms with Crippen LogP contribution in [0.1, 0.15) is 16.8 Å². The maximum Gasteiger partial charge on any atom is 0.248 e. The van der Waals surface area contributed by atoms with Crippen molar-refractivity contribution in [1.82, 2.24) is 19.1 Å². The summed E-state index contributed by atoms with van der Waals surface area (Å²) in [5.41, 5.74) is 2.32. The van der Waals surface area contributed by atoms with Crippen LogP contribution in [0.15, 0.2) is 41.4 Å². The van der Waals surface area contributed by atoms with Crippen molar-refractivity contribution < 1.29 is 27.4 Å². The molecule has 2 fully saturated rings. The minimum absolute atomic E-state index is 0.0812. The van der Waals surface area contributed by atoms with Gasteiger partial charge in [-0.2, -0.15) is 4.31 Å². The van der Waals surface area contributed by atoms with Gasteiger partial charge in [-0.05, 0) is 49.2 Å². The van der Waals surface area contributed by atoms with E-state index in [0.29, 0.717) is 36.6 Å². The van der Waals surface area contributed by atoms with Crippen LogP contribution in [0, 0.1) is 13.8 Å². The first kappa shape index (κ1) is 28.4. The van der Waals surface area contributed by atoms with Gasteiger partial charge < -0.3 is 19.1 Å². The maximum atomic E-state index is 13.6. The van der Waals surface area contributed by atoms with E-state index < -0.39 is 16.1 Å². The van der Waals surface area contributed by atoms with Crippen molar-refractivity contribution in [3.63, 3.8) is 0 Å². The molecule has 0 saturated carbocycles. The number of hydrogen-bond acceptors (Lipinski definition) is 8. The van der Waals surface area contributed by atoms with Crippen LogP contribution in [0.25, 0.3) is 0 Å². The van der Waals surface area contributed by atoms with Crippen LogP contribution in [0.5, 0.6) is 5.75 Å². The number of rotatable bonds is 10. The largest absolute Gasteiger partial charge is 0.497 e. The quantitative estimate of drug-likeness (QED) is 0.442. The number of amides is 1. The summed E-state index contributed by atoms with van der Waals surface area (Å²) in [6.45, 7) is 8.12. The highest BCUT2D eigenvalue weighted by Crippen LogP contribution is 2.30. The standard InChI is InChI=1S/C27H38N4O6S/c1-21-16-25(35-3)17-22(2)27(21)38(33,34)31-14-15-36-18-24(31)19-37-20-26(32)30-12-10-29(11-13-30)9-7-23-6-4-5-8-28-23/h4-6,8,16-17,24H,7,9-15,18-20H2,1-3H3/t24-/m0/s1. The predicted octanol–water partition coefficient (Wildman–Crippen LogP) is 1.50. The Morgan fingerprint density at radius 2 is 1.84 bits per heavy atom. The topological polar surface area (TPSA) is 102 Å². The van der Waals surface area contributed by atoms with Gasteiger partial charge in [0.25, 0.3) is 0 Å². The Hall–Kier alpha value is -2.57. The molecule has 10 nitrogen and oxygen atoms in total. The molecule has 208 valence electrons. The zero-order valence-corrected chi connectivity index (χ0v) is 23.3. The smallest absolute Gasteiger partial charge is 0.248 e. The molecule has 38 heavy (non-hydrogen) atoms. The number of aromatic nitrogens is 1. The molecule has 1 atom stereocenters. The fourth-order valence-electron chi connectivity index (χ4n) is 5.05. The Morgan fingerprint density at radius 3 is 2.50 bits per heavy atom. The van der Waals surface area contributed by atoms with E-state index in [4.69, 9.17) is 14.2 Å². The van der Waals surface area contributed by atoms with Crippen molar-refractivity contribution in [2.75, 3.05) is 72.8 Å². The van der Waals surface area contributed by atoms with E-state index in [1.165, 1.54) is 4.31 Å². The molecule has 0 N–H and O–H groups in total. The van der Waals surface area contributed by atoms with Crippen LogP contribution >= 0.6 is 0 Å². The van der Waals surface area contributed by atoms with Gasteiger partial charge in [-0.15, -0.1) is 0 Å². The van der Waals surface area contributed by atoms with E-state index in [9.17, 15) is 13.2 Å². The number of methoxy groups -OCH3 is 1. The lowest BCUT2D eigenvalue weighted by Crippen LogP contribution is -2.52. The average Bonchev–Trinajstić information content (AvgIpc) is 2.92. The van der Waals surface area contributed by atoms with Gasteiger partial charge in [-0.3, -0.25) is 14.7 Å². The third kappa shape index (κ3) is 6.89. The van der Waals surface area contributed by atoms with Crippen molar-refractivity contribution in [1.29, 1.82) is 0 Å². The number of benzene rings is 1. The number of hydrogen-bond donors (Lipinski definition) is 0. The van der Waals surface area contributed by atoms with E-state index in [-0.39, 0.29) is 37.2 Å². The zero-order chi connectivity index (χ0) is 27.1. The van der Waals surface area contributed by atoms with Gasteiger partial charge in [-0.1, -0.05) is 6.07 Å². The Morgan fingerprint density at radius 1 is 1.11 bits per heavy atom. The highest BCUT2D eigenvalue weighted by molar-refractivity contribution is 7.89. The number of pyridine rings is 1. The third-order valence-corrected chi connectivity index (χ3v) is 9.34. The highest BCUT2D eigenvalue weighted by atomic mass is 32.2. The number of piperazine rings is 1. The average molecular weight is 547 g/mol. The van der Waals surface area contributed by atoms with E-state index in [0.717, 1.165) is 31.7 Å². The van der Waals surface area contributed by atoms with Gasteiger partial charge in [0.1, 0.15) is 12.4 Å². The van der Waals surface area contributed by atoms with Crippen molar-refractivity contribution in [3.05, 3.63) is 53.3 Å². The monoisotopic (exact) mass is 546 g/mol. The Bertz CT molecular complexity index is 1160. The van der Waals surface area contributed by atoms with E-state index >= 15 is 0 Å². The summed E-state index contributed by atoms with van der Waals surface area (Å²) in [5.74, 6) is 0.538. The molecule has 4 rings (SSSR count). The molecule has 2 aliphatic heterocycles. The van der Waals surface area contributed by atoms with Crippen molar-refractivity contribution in [3.8, 4) is 5.75 Å². The summed E-state index contributed by atoms with van der Waals surface area (Å²) in [7, 11) is -2.23. The number of morpholine rings is 1. The second-order valence-corrected chi connectivity index (χ2v) is 11.6. The van der Waals surface area contributed by atoms with Crippen LogP contribution in [-0.2, 0) is 30.7 Å². The minimum atomic E-state index is -3.79. The molecule has 2 aliphatic rings. The molecule has 0 spiro atoms. The first-order chi connectivity index (χ1) is 18.3. The van der Waals surface area contributed by atoms with Gasteiger partial charge >= 0.3 is 0 Å². The first-order valence-electron chi connectivity index (χ1n) is 13.0. The lowest BCUT2D eigenvalue weighted by molar-refractivity contribution is -0.138. The van der Waals surface area contributed by atoms with Crippen LogP contribution in [0.4, 0.5) is 0 Å². The first-order valence-corrected chi connectivity index (χ1v) is 14.5. The Labute approximate surface area is 225 Å². The molecule has 1 aromatic heterocycles. The van der Waals surface area contributed by atoms with Crippen LogP contribution in [-0.4, -0.2) is 112 Å². The molecular formula is C27H38N4O6S. The van der Waals surface area contributed by atoms with Gasteiger partial charge in [0.05, 0.1) is 37.9 Å². The Kier molecular flexibility index (Phi) is 9.72. The highest BCUT2D eigenvalue weighted by Gasteiger charge is 2.36.